The average Bonchev–Trinajstić information content (AvgIpc) is 3.01. The van der Waals surface area contributed by atoms with E-state index in [1.54, 1.807) is 6.92 Å². The highest BCUT2D eigenvalue weighted by Gasteiger charge is 2.65. The summed E-state index contributed by atoms with van der Waals surface area (Å²) in [4.78, 5) is 37.1. The second-order valence-corrected chi connectivity index (χ2v) is 11.8. The number of carbonyl (C=O) groups is 3. The first-order valence-corrected chi connectivity index (χ1v) is 12.7. The van der Waals surface area contributed by atoms with E-state index in [4.69, 9.17) is 5.11 Å². The van der Waals surface area contributed by atoms with Crippen molar-refractivity contribution in [1.29, 1.82) is 0 Å². The molecular formula is C28H40O4. The first-order valence-electron chi connectivity index (χ1n) is 12.7. The molecule has 4 nitrogen and oxygen atoms in total. The van der Waals surface area contributed by atoms with Crippen LogP contribution in [0.5, 0.6) is 0 Å². The summed E-state index contributed by atoms with van der Waals surface area (Å²) in [6.45, 7) is 10.8. The van der Waals surface area contributed by atoms with E-state index in [-0.39, 0.29) is 22.5 Å². The Morgan fingerprint density at radius 2 is 1.88 bits per heavy atom. The van der Waals surface area contributed by atoms with Crippen molar-refractivity contribution in [3.05, 3.63) is 22.8 Å². The van der Waals surface area contributed by atoms with Crippen molar-refractivity contribution < 1.29 is 19.5 Å². The van der Waals surface area contributed by atoms with Gasteiger partial charge in [0.25, 0.3) is 0 Å². The van der Waals surface area contributed by atoms with Gasteiger partial charge in [-0.05, 0) is 98.9 Å². The van der Waals surface area contributed by atoms with E-state index in [9.17, 15) is 14.4 Å². The first kappa shape index (κ1) is 23.4. The summed E-state index contributed by atoms with van der Waals surface area (Å²) in [6.07, 6.45) is 10.1. The molecule has 4 aliphatic carbocycles. The van der Waals surface area contributed by atoms with Gasteiger partial charge in [0.15, 0.2) is 5.78 Å². The van der Waals surface area contributed by atoms with Gasteiger partial charge in [-0.3, -0.25) is 9.59 Å². The molecule has 0 radical (unpaired) electrons. The summed E-state index contributed by atoms with van der Waals surface area (Å²) in [5, 5.41) is 9.11. The Hall–Kier alpha value is -1.71. The Balaban J connectivity index is 1.57. The van der Waals surface area contributed by atoms with E-state index < -0.39 is 5.97 Å². The van der Waals surface area contributed by atoms with Gasteiger partial charge in [-0.2, -0.15) is 0 Å². The molecule has 4 rings (SSSR count). The zero-order valence-corrected chi connectivity index (χ0v) is 20.5. The van der Waals surface area contributed by atoms with E-state index in [1.807, 2.05) is 13.0 Å². The van der Waals surface area contributed by atoms with Crippen LogP contribution in [-0.4, -0.2) is 22.6 Å². The molecule has 3 saturated carbocycles. The zero-order chi connectivity index (χ0) is 23.4. The van der Waals surface area contributed by atoms with Gasteiger partial charge in [0, 0.05) is 24.3 Å². The number of ketones is 2. The lowest BCUT2D eigenvalue weighted by atomic mass is 9.44. The number of hydrogen-bond acceptors (Lipinski definition) is 3. The van der Waals surface area contributed by atoms with Crippen LogP contribution in [0.2, 0.25) is 0 Å². The van der Waals surface area contributed by atoms with Crippen molar-refractivity contribution in [2.45, 2.75) is 92.4 Å². The minimum Gasteiger partial charge on any atom is -0.478 e. The average molecular weight is 441 g/mol. The number of carbonyl (C=O) groups excluding carboxylic acids is 2. The van der Waals surface area contributed by atoms with E-state index >= 15 is 0 Å². The van der Waals surface area contributed by atoms with Crippen LogP contribution in [0.1, 0.15) is 92.4 Å². The minimum atomic E-state index is -0.840. The van der Waals surface area contributed by atoms with Crippen molar-refractivity contribution in [1.82, 2.24) is 0 Å². The van der Waals surface area contributed by atoms with Crippen molar-refractivity contribution in [3.63, 3.8) is 0 Å². The largest absolute Gasteiger partial charge is 0.478 e. The van der Waals surface area contributed by atoms with E-state index in [0.717, 1.165) is 44.1 Å². The number of Topliss-reactive ketones (excluding diaryl/α,β-unsaturated/α-hetero) is 2. The number of allylic oxidation sites excluding steroid dienone is 2. The number of carboxylic acids is 1. The topological polar surface area (TPSA) is 71.4 Å². The Labute approximate surface area is 192 Å². The van der Waals surface area contributed by atoms with Gasteiger partial charge < -0.3 is 5.11 Å². The second-order valence-electron chi connectivity index (χ2n) is 11.8. The third-order valence-electron chi connectivity index (χ3n) is 10.5. The van der Waals surface area contributed by atoms with Crippen molar-refractivity contribution in [2.24, 2.45) is 40.4 Å². The van der Waals surface area contributed by atoms with Crippen molar-refractivity contribution >= 4 is 17.5 Å². The minimum absolute atomic E-state index is 0.0109. The molecule has 7 atom stereocenters. The molecule has 2 unspecified atom stereocenters. The second kappa shape index (κ2) is 8.25. The molecule has 0 amide bonds. The van der Waals surface area contributed by atoms with Crippen LogP contribution >= 0.6 is 0 Å². The molecular weight excluding hydrogens is 400 g/mol. The molecule has 4 aliphatic rings. The zero-order valence-electron chi connectivity index (χ0n) is 20.5. The Bertz CT molecular complexity index is 895. The maximum Gasteiger partial charge on any atom is 0.330 e. The lowest BCUT2D eigenvalue weighted by Gasteiger charge is -2.59. The smallest absolute Gasteiger partial charge is 0.330 e. The molecule has 0 aromatic heterocycles. The molecule has 0 aliphatic heterocycles. The Morgan fingerprint density at radius 1 is 1.16 bits per heavy atom. The highest BCUT2D eigenvalue weighted by atomic mass is 16.4. The molecule has 0 heterocycles. The van der Waals surface area contributed by atoms with E-state index in [2.05, 4.69) is 20.8 Å². The van der Waals surface area contributed by atoms with Crippen LogP contribution in [0.15, 0.2) is 22.8 Å². The number of aliphatic carboxylic acids is 1. The molecule has 0 spiro atoms. The van der Waals surface area contributed by atoms with Crippen LogP contribution in [0.25, 0.3) is 0 Å². The molecule has 0 aromatic rings. The fourth-order valence-corrected chi connectivity index (χ4v) is 8.48. The first-order chi connectivity index (χ1) is 15.0. The maximum atomic E-state index is 13.7. The van der Waals surface area contributed by atoms with E-state index in [0.29, 0.717) is 47.9 Å². The predicted octanol–water partition coefficient (Wildman–Crippen LogP) is 6.15. The standard InChI is InChI=1S/C28H40O4/c1-16(7-6-8-17(2)26(31)32)21-13-14-27(4)22-11-9-19-18(3)23(29)12-10-20(19)25(22)24(30)15-28(21,27)5/h8,16,20-22,25H,6-7,9-15H2,1-5H3,(H,31,32)/b17-8+/t16-,20+,21-,22-,25?,27?,28-/m1/s1. The summed E-state index contributed by atoms with van der Waals surface area (Å²) in [5.74, 6) is 1.69. The van der Waals surface area contributed by atoms with Crippen LogP contribution < -0.4 is 0 Å². The Morgan fingerprint density at radius 3 is 2.56 bits per heavy atom. The fourth-order valence-electron chi connectivity index (χ4n) is 8.48. The van der Waals surface area contributed by atoms with Crippen LogP contribution in [-0.2, 0) is 14.4 Å². The third kappa shape index (κ3) is 3.44. The highest BCUT2D eigenvalue weighted by molar-refractivity contribution is 5.97. The van der Waals surface area contributed by atoms with Crippen LogP contribution in [0, 0.1) is 40.4 Å². The maximum absolute atomic E-state index is 13.7. The number of hydrogen-bond donors (Lipinski definition) is 1. The summed E-state index contributed by atoms with van der Waals surface area (Å²) >= 11 is 0. The van der Waals surface area contributed by atoms with Crippen LogP contribution in [0.4, 0.5) is 0 Å². The number of fused-ring (bicyclic) bond motifs is 5. The molecule has 1 N–H and O–H groups in total. The van der Waals surface area contributed by atoms with Gasteiger partial charge in [-0.1, -0.05) is 32.4 Å². The van der Waals surface area contributed by atoms with Crippen molar-refractivity contribution in [3.8, 4) is 0 Å². The van der Waals surface area contributed by atoms with Crippen LogP contribution in [0.3, 0.4) is 0 Å². The normalized spacial score (nSPS) is 40.6. The molecule has 0 saturated heterocycles. The van der Waals surface area contributed by atoms with Gasteiger partial charge in [-0.15, -0.1) is 0 Å². The Kier molecular flexibility index (Phi) is 6.05. The van der Waals surface area contributed by atoms with Gasteiger partial charge in [-0.25, -0.2) is 4.79 Å². The monoisotopic (exact) mass is 440 g/mol. The fraction of sp³-hybridized carbons (Fsp3) is 0.750. The lowest BCUT2D eigenvalue weighted by molar-refractivity contribution is -0.153. The van der Waals surface area contributed by atoms with Crippen molar-refractivity contribution in [2.75, 3.05) is 0 Å². The third-order valence-corrected chi connectivity index (χ3v) is 10.5. The van der Waals surface area contributed by atoms with Gasteiger partial charge in [0.2, 0.25) is 0 Å². The van der Waals surface area contributed by atoms with Gasteiger partial charge in [0.1, 0.15) is 5.78 Å². The quantitative estimate of drug-likeness (QED) is 0.520. The summed E-state index contributed by atoms with van der Waals surface area (Å²) in [5.41, 5.74) is 2.85. The van der Waals surface area contributed by atoms with Gasteiger partial charge in [0.05, 0.1) is 0 Å². The van der Waals surface area contributed by atoms with E-state index in [1.165, 1.54) is 12.0 Å². The molecule has 0 bridgehead atoms. The number of carboxylic acid groups (broad SMARTS) is 1. The highest BCUT2D eigenvalue weighted by Crippen LogP contribution is 2.70. The molecule has 4 heteroatoms. The molecule has 3 fully saturated rings. The predicted molar refractivity (Wildman–Crippen MR) is 125 cm³/mol. The molecule has 32 heavy (non-hydrogen) atoms. The lowest BCUT2D eigenvalue weighted by Crippen LogP contribution is -2.57. The molecule has 0 aromatic carbocycles. The number of rotatable bonds is 5. The molecule has 176 valence electrons. The SMILES string of the molecule is CC1=C2CC[C@@H]3C(C(=O)C[C@]4(C)[C@@H]([C@H](C)CC/C=C(\C)C(=O)O)CCC34C)[C@H]2CCC1=O. The van der Waals surface area contributed by atoms with Gasteiger partial charge >= 0.3 is 5.97 Å². The summed E-state index contributed by atoms with van der Waals surface area (Å²) in [7, 11) is 0. The summed E-state index contributed by atoms with van der Waals surface area (Å²) < 4.78 is 0. The summed E-state index contributed by atoms with van der Waals surface area (Å²) in [6, 6.07) is 0.